The Labute approximate surface area is 202 Å². The summed E-state index contributed by atoms with van der Waals surface area (Å²) in [5.41, 5.74) is 7.16. The molecular formula is C25H28N4O6. The lowest BCUT2D eigenvalue weighted by molar-refractivity contribution is -0.137. The monoisotopic (exact) mass is 480 g/mol. The highest BCUT2D eigenvalue weighted by atomic mass is 16.4. The van der Waals surface area contributed by atoms with E-state index in [1.165, 1.54) is 0 Å². The van der Waals surface area contributed by atoms with Crippen LogP contribution in [0.4, 0.5) is 0 Å². The molecule has 2 rings (SSSR count). The number of nitrogens with zero attached hydrogens (tertiary/aromatic N) is 2. The van der Waals surface area contributed by atoms with Crippen molar-refractivity contribution in [1.82, 2.24) is 10.9 Å². The minimum Gasteiger partial charge on any atom is -0.481 e. The lowest BCUT2D eigenvalue weighted by Crippen LogP contribution is -2.23. The quantitative estimate of drug-likeness (QED) is 0.240. The van der Waals surface area contributed by atoms with Gasteiger partial charge < -0.3 is 10.2 Å². The van der Waals surface area contributed by atoms with E-state index in [0.717, 1.165) is 0 Å². The van der Waals surface area contributed by atoms with E-state index in [4.69, 9.17) is 10.2 Å². The van der Waals surface area contributed by atoms with Crippen LogP contribution in [0, 0.1) is 0 Å². The van der Waals surface area contributed by atoms with Gasteiger partial charge in [0.2, 0.25) is 11.8 Å². The predicted molar refractivity (Wildman–Crippen MR) is 130 cm³/mol. The van der Waals surface area contributed by atoms with E-state index in [9.17, 15) is 19.2 Å². The average molecular weight is 481 g/mol. The molecule has 10 heteroatoms. The summed E-state index contributed by atoms with van der Waals surface area (Å²) in [6.45, 7) is 0. The minimum atomic E-state index is -0.966. The number of hydrogen-bond acceptors (Lipinski definition) is 6. The highest BCUT2D eigenvalue weighted by Crippen LogP contribution is 2.08. The summed E-state index contributed by atoms with van der Waals surface area (Å²) in [4.78, 5) is 46.1. The Morgan fingerprint density at radius 2 is 0.943 bits per heavy atom. The molecule has 0 aliphatic rings. The fourth-order valence-electron chi connectivity index (χ4n) is 3.02. The third-order valence-electron chi connectivity index (χ3n) is 4.80. The van der Waals surface area contributed by atoms with Gasteiger partial charge in [-0.2, -0.15) is 10.2 Å². The highest BCUT2D eigenvalue weighted by molar-refractivity contribution is 6.02. The van der Waals surface area contributed by atoms with Gasteiger partial charge in [0.25, 0.3) is 0 Å². The molecule has 0 saturated heterocycles. The summed E-state index contributed by atoms with van der Waals surface area (Å²) in [5, 5.41) is 26.0. The second-order valence-corrected chi connectivity index (χ2v) is 7.56. The fourth-order valence-corrected chi connectivity index (χ4v) is 3.02. The van der Waals surface area contributed by atoms with Crippen molar-refractivity contribution in [1.29, 1.82) is 0 Å². The first-order valence-electron chi connectivity index (χ1n) is 11.1. The Kier molecular flexibility index (Phi) is 11.3. The van der Waals surface area contributed by atoms with Gasteiger partial charge >= 0.3 is 11.9 Å². The van der Waals surface area contributed by atoms with Gasteiger partial charge in [-0.05, 0) is 17.5 Å². The Balaban J connectivity index is 1.86. The Bertz CT molecular complexity index is 982. The van der Waals surface area contributed by atoms with Crippen LogP contribution in [0.25, 0.3) is 0 Å². The van der Waals surface area contributed by atoms with Crippen molar-refractivity contribution in [3.8, 4) is 0 Å². The van der Waals surface area contributed by atoms with E-state index < -0.39 is 23.8 Å². The van der Waals surface area contributed by atoms with Crippen molar-refractivity contribution in [2.24, 2.45) is 10.2 Å². The summed E-state index contributed by atoms with van der Waals surface area (Å²) < 4.78 is 0. The van der Waals surface area contributed by atoms with Crippen LogP contribution >= 0.6 is 0 Å². The number of carbonyl (C=O) groups is 4. The third-order valence-corrected chi connectivity index (χ3v) is 4.80. The zero-order valence-electron chi connectivity index (χ0n) is 19.1. The number of carboxylic acid groups (broad SMARTS) is 2. The van der Waals surface area contributed by atoms with Crippen LogP contribution < -0.4 is 10.9 Å². The lowest BCUT2D eigenvalue weighted by atomic mass is 10.1. The van der Waals surface area contributed by atoms with Crippen LogP contribution in [0.2, 0.25) is 0 Å². The highest BCUT2D eigenvalue weighted by Gasteiger charge is 2.10. The molecule has 0 unspecified atom stereocenters. The fraction of sp³-hybridized carbons (Fsp3) is 0.280. The molecule has 4 N–H and O–H groups in total. The summed E-state index contributed by atoms with van der Waals surface area (Å²) in [6.07, 6.45) is 0.382. The van der Waals surface area contributed by atoms with Crippen LogP contribution in [-0.2, 0) is 19.2 Å². The van der Waals surface area contributed by atoms with Gasteiger partial charge in [0.05, 0.1) is 24.3 Å². The first kappa shape index (κ1) is 26.9. The van der Waals surface area contributed by atoms with Gasteiger partial charge in [-0.3, -0.25) is 19.2 Å². The first-order chi connectivity index (χ1) is 16.8. The largest absolute Gasteiger partial charge is 0.481 e. The molecule has 0 saturated carbocycles. The van der Waals surface area contributed by atoms with Crippen molar-refractivity contribution in [3.05, 3.63) is 71.8 Å². The van der Waals surface area contributed by atoms with Crippen molar-refractivity contribution >= 4 is 35.2 Å². The molecule has 10 nitrogen and oxygen atoms in total. The summed E-state index contributed by atoms with van der Waals surface area (Å²) in [7, 11) is 0. The van der Waals surface area contributed by atoms with Crippen LogP contribution in [0.15, 0.2) is 70.9 Å². The smallest absolute Gasteiger partial charge is 0.303 e. The molecule has 0 atom stereocenters. The maximum Gasteiger partial charge on any atom is 0.303 e. The zero-order valence-corrected chi connectivity index (χ0v) is 19.1. The molecular weight excluding hydrogens is 452 g/mol. The standard InChI is InChI=1S/C25H28N4O6/c30-22(28-26-20(14-16-24(32)33)18-8-3-1-4-9-18)12-7-13-23(31)29-27-21(15-17-25(34)35)19-10-5-2-6-11-19/h1-6,8-11H,7,12-17H2,(H,28,30)(H,29,31)(H,32,33)(H,34,35)/b26-20+,27-21+. The molecule has 2 amide bonds. The second-order valence-electron chi connectivity index (χ2n) is 7.56. The van der Waals surface area contributed by atoms with E-state index in [2.05, 4.69) is 21.1 Å². The Hall–Kier alpha value is -4.34. The molecule has 2 aromatic carbocycles. The summed E-state index contributed by atoms with van der Waals surface area (Å²) in [6, 6.07) is 17.9. The Morgan fingerprint density at radius 1 is 0.571 bits per heavy atom. The number of hydrogen-bond donors (Lipinski definition) is 4. The van der Waals surface area contributed by atoms with E-state index >= 15 is 0 Å². The number of amides is 2. The number of carbonyl (C=O) groups excluding carboxylic acids is 2. The summed E-state index contributed by atoms with van der Waals surface area (Å²) in [5.74, 6) is -2.74. The van der Waals surface area contributed by atoms with E-state index in [1.54, 1.807) is 48.5 Å². The SMILES string of the molecule is O=C(O)CC/C(=N\NC(=O)CCCC(=O)N/N=C(\CCC(=O)O)c1ccccc1)c1ccccc1. The molecule has 0 fully saturated rings. The molecule has 0 aromatic heterocycles. The van der Waals surface area contributed by atoms with Crippen molar-refractivity contribution in [2.45, 2.75) is 44.9 Å². The van der Waals surface area contributed by atoms with Crippen molar-refractivity contribution in [3.63, 3.8) is 0 Å². The van der Waals surface area contributed by atoms with Gasteiger partial charge in [-0.25, -0.2) is 10.9 Å². The number of carboxylic acids is 2. The lowest BCUT2D eigenvalue weighted by Gasteiger charge is -2.07. The number of benzene rings is 2. The minimum absolute atomic E-state index is 0.0339. The molecule has 2 aromatic rings. The normalized spacial score (nSPS) is 11.5. The van der Waals surface area contributed by atoms with E-state index in [-0.39, 0.29) is 44.9 Å². The van der Waals surface area contributed by atoms with Crippen LogP contribution in [0.3, 0.4) is 0 Å². The summed E-state index contributed by atoms with van der Waals surface area (Å²) >= 11 is 0. The third kappa shape index (κ3) is 10.9. The first-order valence-corrected chi connectivity index (χ1v) is 11.1. The second kappa shape index (κ2) is 14.7. The van der Waals surface area contributed by atoms with Gasteiger partial charge in [0, 0.05) is 25.7 Å². The number of aliphatic carboxylic acids is 2. The molecule has 0 heterocycles. The molecule has 0 spiro atoms. The molecule has 35 heavy (non-hydrogen) atoms. The number of hydrazone groups is 2. The van der Waals surface area contributed by atoms with Crippen molar-refractivity contribution in [2.75, 3.05) is 0 Å². The van der Waals surface area contributed by atoms with E-state index in [0.29, 0.717) is 22.6 Å². The van der Waals surface area contributed by atoms with Crippen LogP contribution in [-0.4, -0.2) is 45.4 Å². The van der Waals surface area contributed by atoms with Gasteiger partial charge in [-0.15, -0.1) is 0 Å². The number of rotatable bonds is 14. The number of nitrogens with one attached hydrogen (secondary N) is 2. The zero-order chi connectivity index (χ0) is 25.5. The topological polar surface area (TPSA) is 158 Å². The van der Waals surface area contributed by atoms with Crippen molar-refractivity contribution < 1.29 is 29.4 Å². The predicted octanol–water partition coefficient (Wildman–Crippen LogP) is 2.93. The van der Waals surface area contributed by atoms with Gasteiger partial charge in [-0.1, -0.05) is 60.7 Å². The van der Waals surface area contributed by atoms with Crippen LogP contribution in [0.5, 0.6) is 0 Å². The maximum absolute atomic E-state index is 12.1. The van der Waals surface area contributed by atoms with Gasteiger partial charge in [0.1, 0.15) is 0 Å². The molecule has 0 aliphatic carbocycles. The Morgan fingerprint density at radius 3 is 1.29 bits per heavy atom. The van der Waals surface area contributed by atoms with Crippen LogP contribution in [0.1, 0.15) is 56.1 Å². The average Bonchev–Trinajstić information content (AvgIpc) is 2.85. The van der Waals surface area contributed by atoms with E-state index in [1.807, 2.05) is 12.1 Å². The molecule has 0 radical (unpaired) electrons. The molecule has 184 valence electrons. The maximum atomic E-state index is 12.1. The van der Waals surface area contributed by atoms with Gasteiger partial charge in [0.15, 0.2) is 0 Å². The molecule has 0 bridgehead atoms. The molecule has 0 aliphatic heterocycles.